The number of methoxy groups -OCH3 is 1. The van der Waals surface area contributed by atoms with Crippen molar-refractivity contribution in [3.8, 4) is 5.88 Å². The van der Waals surface area contributed by atoms with Crippen LogP contribution in [-0.2, 0) is 7.05 Å². The Morgan fingerprint density at radius 2 is 2.11 bits per heavy atom. The first-order chi connectivity index (χ1) is 9.11. The second kappa shape index (κ2) is 5.51. The third-order valence-corrected chi connectivity index (χ3v) is 2.92. The molecule has 0 N–H and O–H groups in total. The van der Waals surface area contributed by atoms with Crippen molar-refractivity contribution in [1.82, 2.24) is 9.78 Å². The highest BCUT2D eigenvalue weighted by molar-refractivity contribution is 5.37. The first kappa shape index (κ1) is 13.1. The molecule has 0 saturated heterocycles. The summed E-state index contributed by atoms with van der Waals surface area (Å²) in [6.07, 6.45) is 1.76. The molecule has 0 amide bonds. The second-order valence-corrected chi connectivity index (χ2v) is 4.25. The van der Waals surface area contributed by atoms with E-state index in [2.05, 4.69) is 5.10 Å². The van der Waals surface area contributed by atoms with E-state index in [4.69, 9.17) is 4.74 Å². The molecule has 0 aliphatic rings. The average Bonchev–Trinajstić information content (AvgIpc) is 2.78. The third-order valence-electron chi connectivity index (χ3n) is 2.92. The van der Waals surface area contributed by atoms with E-state index in [1.165, 1.54) is 7.11 Å². The Labute approximate surface area is 110 Å². The van der Waals surface area contributed by atoms with Gasteiger partial charge >= 0.3 is 0 Å². The molecule has 0 radical (unpaired) electrons. The van der Waals surface area contributed by atoms with Gasteiger partial charge in [-0.15, -0.1) is 5.10 Å². The number of hydrogen-bond acceptors (Lipinski definition) is 4. The standard InChI is InChI=1S/C13H15N3O3/c1-15-8-12(13(14-15)19-2)11(9-16(17)18)10-6-4-3-5-7-10/h3-8,11H,9H2,1-2H3. The number of hydrogen-bond donors (Lipinski definition) is 0. The summed E-state index contributed by atoms with van der Waals surface area (Å²) >= 11 is 0. The fourth-order valence-electron chi connectivity index (χ4n) is 2.10. The van der Waals surface area contributed by atoms with Gasteiger partial charge in [0.2, 0.25) is 12.4 Å². The minimum Gasteiger partial charge on any atom is -0.480 e. The van der Waals surface area contributed by atoms with Crippen LogP contribution in [0.5, 0.6) is 5.88 Å². The Morgan fingerprint density at radius 1 is 1.42 bits per heavy atom. The van der Waals surface area contributed by atoms with Crippen molar-refractivity contribution in [3.63, 3.8) is 0 Å². The lowest BCUT2D eigenvalue weighted by Gasteiger charge is -2.12. The van der Waals surface area contributed by atoms with Gasteiger partial charge in [0.1, 0.15) is 0 Å². The van der Waals surface area contributed by atoms with Crippen LogP contribution in [0.15, 0.2) is 36.5 Å². The maximum absolute atomic E-state index is 10.9. The molecule has 6 heteroatoms. The predicted molar refractivity (Wildman–Crippen MR) is 69.9 cm³/mol. The molecule has 1 heterocycles. The molecule has 2 aromatic rings. The summed E-state index contributed by atoms with van der Waals surface area (Å²) < 4.78 is 6.80. The fraction of sp³-hybridized carbons (Fsp3) is 0.308. The van der Waals surface area contributed by atoms with Crippen LogP contribution in [0.1, 0.15) is 17.0 Å². The predicted octanol–water partition coefficient (Wildman–Crippen LogP) is 1.84. The molecule has 0 fully saturated rings. The molecule has 1 atom stereocenters. The van der Waals surface area contributed by atoms with E-state index < -0.39 is 0 Å². The van der Waals surface area contributed by atoms with Gasteiger partial charge in [-0.25, -0.2) is 0 Å². The van der Waals surface area contributed by atoms with Crippen LogP contribution in [0.3, 0.4) is 0 Å². The van der Waals surface area contributed by atoms with Crippen molar-refractivity contribution in [3.05, 3.63) is 57.8 Å². The lowest BCUT2D eigenvalue weighted by molar-refractivity contribution is -0.481. The summed E-state index contributed by atoms with van der Waals surface area (Å²) in [7, 11) is 3.28. The summed E-state index contributed by atoms with van der Waals surface area (Å²) in [6.45, 7) is -0.188. The highest BCUT2D eigenvalue weighted by atomic mass is 16.6. The molecule has 1 aromatic heterocycles. The largest absolute Gasteiger partial charge is 0.480 e. The van der Waals surface area contributed by atoms with E-state index in [0.717, 1.165) is 11.1 Å². The normalized spacial score (nSPS) is 12.1. The van der Waals surface area contributed by atoms with E-state index in [9.17, 15) is 10.1 Å². The molecule has 6 nitrogen and oxygen atoms in total. The van der Waals surface area contributed by atoms with Crippen LogP contribution < -0.4 is 4.74 Å². The Bertz CT molecular complexity index is 566. The molecule has 0 bridgehead atoms. The topological polar surface area (TPSA) is 70.2 Å². The van der Waals surface area contributed by atoms with E-state index in [1.807, 2.05) is 30.3 Å². The zero-order valence-electron chi connectivity index (χ0n) is 10.8. The molecule has 19 heavy (non-hydrogen) atoms. The van der Waals surface area contributed by atoms with Crippen molar-refractivity contribution in [1.29, 1.82) is 0 Å². The Kier molecular flexibility index (Phi) is 3.79. The van der Waals surface area contributed by atoms with Crippen molar-refractivity contribution in [2.24, 2.45) is 7.05 Å². The van der Waals surface area contributed by atoms with Crippen molar-refractivity contribution in [2.45, 2.75) is 5.92 Å². The maximum atomic E-state index is 10.9. The highest BCUT2D eigenvalue weighted by Crippen LogP contribution is 2.30. The Balaban J connectivity index is 2.45. The number of aryl methyl sites for hydroxylation is 1. The molecular weight excluding hydrogens is 246 g/mol. The van der Waals surface area contributed by atoms with Gasteiger partial charge in [0.15, 0.2) is 0 Å². The second-order valence-electron chi connectivity index (χ2n) is 4.25. The van der Waals surface area contributed by atoms with Crippen molar-refractivity contribution in [2.75, 3.05) is 13.7 Å². The van der Waals surface area contributed by atoms with Gasteiger partial charge in [-0.05, 0) is 5.56 Å². The number of nitrogens with zero attached hydrogens (tertiary/aromatic N) is 3. The molecular formula is C13H15N3O3. The zero-order valence-corrected chi connectivity index (χ0v) is 10.8. The number of benzene rings is 1. The third kappa shape index (κ3) is 2.90. The first-order valence-electron chi connectivity index (χ1n) is 5.86. The molecule has 0 saturated carbocycles. The Morgan fingerprint density at radius 3 is 2.68 bits per heavy atom. The minimum absolute atomic E-state index is 0.188. The van der Waals surface area contributed by atoms with Gasteiger partial charge in [0.25, 0.3) is 0 Å². The smallest absolute Gasteiger partial charge is 0.236 e. The van der Waals surface area contributed by atoms with Gasteiger partial charge in [-0.2, -0.15) is 0 Å². The zero-order chi connectivity index (χ0) is 13.8. The SMILES string of the molecule is COc1nn(C)cc1C(C[N+](=O)[O-])c1ccccc1. The molecule has 0 aliphatic heterocycles. The number of ether oxygens (including phenoxy) is 1. The molecule has 1 unspecified atom stereocenters. The van der Waals surface area contributed by atoms with Crippen molar-refractivity contribution >= 4 is 0 Å². The molecule has 100 valence electrons. The quantitative estimate of drug-likeness (QED) is 0.608. The van der Waals surface area contributed by atoms with Gasteiger partial charge in [-0.1, -0.05) is 30.3 Å². The molecule has 0 spiro atoms. The first-order valence-corrected chi connectivity index (χ1v) is 5.86. The van der Waals surface area contributed by atoms with E-state index >= 15 is 0 Å². The number of aromatic nitrogens is 2. The van der Waals surface area contributed by atoms with Crippen LogP contribution in [0.25, 0.3) is 0 Å². The fourth-order valence-corrected chi connectivity index (χ4v) is 2.10. The summed E-state index contributed by atoms with van der Waals surface area (Å²) in [5, 5.41) is 15.1. The lowest BCUT2D eigenvalue weighted by atomic mass is 9.93. The lowest BCUT2D eigenvalue weighted by Crippen LogP contribution is -2.14. The Hall–Kier alpha value is -2.37. The van der Waals surface area contributed by atoms with Crippen LogP contribution in [0.2, 0.25) is 0 Å². The van der Waals surface area contributed by atoms with E-state index in [0.29, 0.717) is 5.88 Å². The van der Waals surface area contributed by atoms with Crippen LogP contribution in [0, 0.1) is 10.1 Å². The molecule has 1 aromatic carbocycles. The summed E-state index contributed by atoms with van der Waals surface area (Å²) in [5.41, 5.74) is 1.61. The summed E-state index contributed by atoms with van der Waals surface area (Å²) in [4.78, 5) is 10.6. The summed E-state index contributed by atoms with van der Waals surface area (Å²) in [6, 6.07) is 9.37. The monoisotopic (exact) mass is 261 g/mol. The average molecular weight is 261 g/mol. The minimum atomic E-state index is -0.361. The summed E-state index contributed by atoms with van der Waals surface area (Å²) in [5.74, 6) is 0.0676. The van der Waals surface area contributed by atoms with Crippen molar-refractivity contribution < 1.29 is 9.66 Å². The van der Waals surface area contributed by atoms with Crippen LogP contribution in [0.4, 0.5) is 0 Å². The van der Waals surface area contributed by atoms with Gasteiger partial charge in [0, 0.05) is 23.7 Å². The molecule has 0 aliphatic carbocycles. The van der Waals surface area contributed by atoms with E-state index in [1.54, 1.807) is 17.9 Å². The van der Waals surface area contributed by atoms with Gasteiger partial charge in [0.05, 0.1) is 13.0 Å². The van der Waals surface area contributed by atoms with Gasteiger partial charge in [-0.3, -0.25) is 14.8 Å². The van der Waals surface area contributed by atoms with Gasteiger partial charge < -0.3 is 4.74 Å². The maximum Gasteiger partial charge on any atom is 0.236 e. The van der Waals surface area contributed by atoms with Crippen LogP contribution in [-0.4, -0.2) is 28.4 Å². The molecule has 2 rings (SSSR count). The highest BCUT2D eigenvalue weighted by Gasteiger charge is 2.25. The number of nitro groups is 1. The van der Waals surface area contributed by atoms with E-state index in [-0.39, 0.29) is 17.4 Å². The van der Waals surface area contributed by atoms with Crippen LogP contribution >= 0.6 is 0 Å². The number of rotatable bonds is 5.